The van der Waals surface area contributed by atoms with Gasteiger partial charge in [0.15, 0.2) is 0 Å². The Bertz CT molecular complexity index is 271. The largest absolute Gasteiger partial charge is 0.469 e. The first-order valence-electron chi connectivity index (χ1n) is 5.33. The molecule has 0 aromatic heterocycles. The van der Waals surface area contributed by atoms with Crippen LogP contribution in [-0.4, -0.2) is 29.7 Å². The predicted octanol–water partition coefficient (Wildman–Crippen LogP) is 2.13. The molecular weight excluding hydrogens is 218 g/mol. The molecule has 0 aliphatic heterocycles. The van der Waals surface area contributed by atoms with E-state index in [9.17, 15) is 18.7 Å². The van der Waals surface area contributed by atoms with Gasteiger partial charge in [-0.05, 0) is 26.7 Å². The summed E-state index contributed by atoms with van der Waals surface area (Å²) in [5.74, 6) is -3.33. The number of carbonyl (C=O) groups excluding carboxylic acids is 1. The Morgan fingerprint density at radius 2 is 1.69 bits per heavy atom. The molecule has 5 heteroatoms. The number of alkyl halides is 2. The molecule has 0 aromatic carbocycles. The van der Waals surface area contributed by atoms with Crippen LogP contribution in [0.25, 0.3) is 0 Å². The van der Waals surface area contributed by atoms with Crippen LogP contribution in [0.1, 0.15) is 39.5 Å². The Morgan fingerprint density at radius 1 is 1.25 bits per heavy atom. The van der Waals surface area contributed by atoms with Crippen LogP contribution >= 0.6 is 0 Å². The number of rotatable bonds is 2. The third-order valence-corrected chi connectivity index (χ3v) is 3.58. The van der Waals surface area contributed by atoms with E-state index in [0.717, 1.165) is 0 Å². The molecule has 1 aliphatic rings. The standard InChI is InChI=1S/C11H18F2O3/c1-9(2,15)10(8(14)16-3)4-6-11(12,13)7-5-10/h15H,4-7H2,1-3H3. The van der Waals surface area contributed by atoms with E-state index in [-0.39, 0.29) is 25.7 Å². The van der Waals surface area contributed by atoms with Gasteiger partial charge in [-0.25, -0.2) is 8.78 Å². The average molecular weight is 236 g/mol. The van der Waals surface area contributed by atoms with E-state index < -0.39 is 22.9 Å². The molecule has 0 spiro atoms. The molecule has 0 atom stereocenters. The number of esters is 1. The van der Waals surface area contributed by atoms with Crippen LogP contribution in [0, 0.1) is 5.41 Å². The van der Waals surface area contributed by atoms with Gasteiger partial charge < -0.3 is 9.84 Å². The van der Waals surface area contributed by atoms with Crippen molar-refractivity contribution in [2.45, 2.75) is 51.1 Å². The smallest absolute Gasteiger partial charge is 0.314 e. The molecular formula is C11H18F2O3. The fourth-order valence-electron chi connectivity index (χ4n) is 2.30. The summed E-state index contributed by atoms with van der Waals surface area (Å²) in [6, 6.07) is 0. The van der Waals surface area contributed by atoms with E-state index in [1.807, 2.05) is 0 Å². The number of carbonyl (C=O) groups is 1. The van der Waals surface area contributed by atoms with Crippen LogP contribution < -0.4 is 0 Å². The second-order valence-electron chi connectivity index (χ2n) is 4.99. The average Bonchev–Trinajstić information content (AvgIpc) is 2.15. The highest BCUT2D eigenvalue weighted by Crippen LogP contribution is 2.50. The summed E-state index contributed by atoms with van der Waals surface area (Å²) in [5.41, 5.74) is -2.56. The number of hydrogen-bond acceptors (Lipinski definition) is 3. The number of methoxy groups -OCH3 is 1. The summed E-state index contributed by atoms with van der Waals surface area (Å²) in [6.07, 6.45) is -0.857. The third-order valence-electron chi connectivity index (χ3n) is 3.58. The molecule has 0 unspecified atom stereocenters. The fourth-order valence-corrected chi connectivity index (χ4v) is 2.30. The lowest BCUT2D eigenvalue weighted by atomic mass is 9.63. The molecule has 1 fully saturated rings. The van der Waals surface area contributed by atoms with Gasteiger partial charge in [0.05, 0.1) is 18.1 Å². The second kappa shape index (κ2) is 3.95. The van der Waals surface area contributed by atoms with Crippen LogP contribution in [0.5, 0.6) is 0 Å². The normalized spacial score (nSPS) is 23.9. The van der Waals surface area contributed by atoms with E-state index in [1.54, 1.807) is 0 Å². The first-order valence-corrected chi connectivity index (χ1v) is 5.33. The van der Waals surface area contributed by atoms with Crippen molar-refractivity contribution in [2.75, 3.05) is 7.11 Å². The predicted molar refractivity (Wildman–Crippen MR) is 54.2 cm³/mol. The van der Waals surface area contributed by atoms with E-state index in [0.29, 0.717) is 0 Å². The van der Waals surface area contributed by atoms with Gasteiger partial charge in [0, 0.05) is 12.8 Å². The summed E-state index contributed by atoms with van der Waals surface area (Å²) in [4.78, 5) is 11.7. The lowest BCUT2D eigenvalue weighted by Crippen LogP contribution is -2.53. The minimum Gasteiger partial charge on any atom is -0.469 e. The molecule has 3 nitrogen and oxygen atoms in total. The topological polar surface area (TPSA) is 46.5 Å². The van der Waals surface area contributed by atoms with Crippen molar-refractivity contribution in [1.29, 1.82) is 0 Å². The van der Waals surface area contributed by atoms with Gasteiger partial charge in [-0.1, -0.05) is 0 Å². The Labute approximate surface area is 93.8 Å². The van der Waals surface area contributed by atoms with E-state index in [2.05, 4.69) is 4.74 Å². The lowest BCUT2D eigenvalue weighted by Gasteiger charge is -2.45. The van der Waals surface area contributed by atoms with E-state index >= 15 is 0 Å². The SMILES string of the molecule is COC(=O)C1(C(C)(C)O)CCC(F)(F)CC1. The van der Waals surface area contributed by atoms with Crippen LogP contribution in [-0.2, 0) is 9.53 Å². The highest BCUT2D eigenvalue weighted by Gasteiger charge is 2.56. The quantitative estimate of drug-likeness (QED) is 0.747. The summed E-state index contributed by atoms with van der Waals surface area (Å²) in [6.45, 7) is 2.93. The fraction of sp³-hybridized carbons (Fsp3) is 0.909. The molecule has 1 saturated carbocycles. The number of halogens is 2. The van der Waals surface area contributed by atoms with Crippen molar-refractivity contribution in [3.63, 3.8) is 0 Å². The first-order chi connectivity index (χ1) is 7.15. The zero-order valence-electron chi connectivity index (χ0n) is 9.85. The molecule has 0 radical (unpaired) electrons. The molecule has 1 aliphatic carbocycles. The Balaban J connectivity index is 2.97. The molecule has 0 bridgehead atoms. The maximum atomic E-state index is 13.1. The van der Waals surface area contributed by atoms with Crippen LogP contribution in [0.3, 0.4) is 0 Å². The maximum Gasteiger partial charge on any atom is 0.314 e. The number of hydrogen-bond donors (Lipinski definition) is 1. The summed E-state index contributed by atoms with van der Waals surface area (Å²) in [7, 11) is 1.21. The number of aliphatic hydroxyl groups is 1. The van der Waals surface area contributed by atoms with Crippen molar-refractivity contribution >= 4 is 5.97 Å². The van der Waals surface area contributed by atoms with Crippen LogP contribution in [0.15, 0.2) is 0 Å². The highest BCUT2D eigenvalue weighted by molar-refractivity contribution is 5.78. The van der Waals surface area contributed by atoms with Crippen molar-refractivity contribution in [3.8, 4) is 0 Å². The molecule has 0 heterocycles. The first kappa shape index (κ1) is 13.4. The van der Waals surface area contributed by atoms with Crippen LogP contribution in [0.4, 0.5) is 8.78 Å². The van der Waals surface area contributed by atoms with Gasteiger partial charge in [0.25, 0.3) is 0 Å². The van der Waals surface area contributed by atoms with Gasteiger partial charge in [0.2, 0.25) is 5.92 Å². The highest BCUT2D eigenvalue weighted by atomic mass is 19.3. The van der Waals surface area contributed by atoms with Crippen molar-refractivity contribution in [3.05, 3.63) is 0 Å². The molecule has 0 amide bonds. The molecule has 1 rings (SSSR count). The van der Waals surface area contributed by atoms with Gasteiger partial charge in [-0.15, -0.1) is 0 Å². The van der Waals surface area contributed by atoms with Crippen LogP contribution in [0.2, 0.25) is 0 Å². The molecule has 0 aromatic rings. The monoisotopic (exact) mass is 236 g/mol. The van der Waals surface area contributed by atoms with Gasteiger partial charge in [-0.2, -0.15) is 0 Å². The second-order valence-corrected chi connectivity index (χ2v) is 4.99. The Hall–Kier alpha value is -0.710. The third kappa shape index (κ3) is 2.19. The van der Waals surface area contributed by atoms with Gasteiger partial charge >= 0.3 is 5.97 Å². The molecule has 16 heavy (non-hydrogen) atoms. The van der Waals surface area contributed by atoms with Crippen molar-refractivity contribution in [1.82, 2.24) is 0 Å². The van der Waals surface area contributed by atoms with Crippen molar-refractivity contribution in [2.24, 2.45) is 5.41 Å². The summed E-state index contributed by atoms with van der Waals surface area (Å²) < 4.78 is 30.8. The maximum absolute atomic E-state index is 13.1. The molecule has 1 N–H and O–H groups in total. The summed E-state index contributed by atoms with van der Waals surface area (Å²) >= 11 is 0. The Morgan fingerprint density at radius 3 is 2.00 bits per heavy atom. The summed E-state index contributed by atoms with van der Waals surface area (Å²) in [5, 5.41) is 10.0. The van der Waals surface area contributed by atoms with Gasteiger partial charge in [-0.3, -0.25) is 4.79 Å². The van der Waals surface area contributed by atoms with Crippen molar-refractivity contribution < 1.29 is 23.4 Å². The Kier molecular flexibility index (Phi) is 3.29. The lowest BCUT2D eigenvalue weighted by molar-refractivity contribution is -0.184. The molecule has 94 valence electrons. The zero-order chi connectivity index (χ0) is 12.6. The van der Waals surface area contributed by atoms with Gasteiger partial charge in [0.1, 0.15) is 0 Å². The van der Waals surface area contributed by atoms with E-state index in [1.165, 1.54) is 21.0 Å². The minimum atomic E-state index is -2.73. The van der Waals surface area contributed by atoms with E-state index in [4.69, 9.17) is 0 Å². The number of ether oxygens (including phenoxy) is 1. The molecule has 0 saturated heterocycles. The zero-order valence-corrected chi connectivity index (χ0v) is 9.85. The minimum absolute atomic E-state index is 0.0455.